The Labute approximate surface area is 165 Å². The minimum absolute atomic E-state index is 0.212. The van der Waals surface area contributed by atoms with Crippen LogP contribution in [0.4, 0.5) is 0 Å². The van der Waals surface area contributed by atoms with Crippen molar-refractivity contribution in [3.05, 3.63) is 65.3 Å². The molecule has 0 saturated carbocycles. The van der Waals surface area contributed by atoms with Crippen LogP contribution in [0.2, 0.25) is 0 Å². The molecule has 1 aliphatic rings. The zero-order valence-corrected chi connectivity index (χ0v) is 16.9. The molecule has 1 aliphatic heterocycles. The molecular formula is C23H25NO4. The van der Waals surface area contributed by atoms with Crippen LogP contribution in [0, 0.1) is 6.92 Å². The molecular weight excluding hydrogens is 354 g/mol. The Morgan fingerprint density at radius 3 is 2.04 bits per heavy atom. The fraction of sp³-hybridized carbons (Fsp3) is 0.261. The van der Waals surface area contributed by atoms with E-state index < -0.39 is 0 Å². The van der Waals surface area contributed by atoms with Crippen LogP contribution in [0.5, 0.6) is 23.0 Å². The quantitative estimate of drug-likeness (QED) is 0.724. The van der Waals surface area contributed by atoms with E-state index in [1.165, 1.54) is 0 Å². The molecule has 1 unspecified atom stereocenters. The topological polar surface area (TPSA) is 49.3 Å². The second-order valence-electron chi connectivity index (χ2n) is 6.35. The van der Waals surface area contributed by atoms with Gasteiger partial charge in [0.25, 0.3) is 0 Å². The molecule has 0 aromatic heterocycles. The van der Waals surface area contributed by atoms with Crippen LogP contribution >= 0.6 is 0 Å². The Morgan fingerprint density at radius 2 is 1.46 bits per heavy atom. The Balaban J connectivity index is 2.12. The van der Waals surface area contributed by atoms with E-state index in [4.69, 9.17) is 23.9 Å². The third-order valence-electron chi connectivity index (χ3n) is 4.73. The van der Waals surface area contributed by atoms with Crippen LogP contribution in [0.3, 0.4) is 0 Å². The second kappa shape index (κ2) is 8.65. The molecule has 1 heterocycles. The molecule has 28 heavy (non-hydrogen) atoms. The molecule has 146 valence electrons. The molecule has 0 radical (unpaired) electrons. The lowest BCUT2D eigenvalue weighted by atomic mass is 9.91. The summed E-state index contributed by atoms with van der Waals surface area (Å²) in [6.07, 6.45) is 7.82. The fourth-order valence-corrected chi connectivity index (χ4v) is 3.35. The zero-order chi connectivity index (χ0) is 20.1. The van der Waals surface area contributed by atoms with E-state index >= 15 is 0 Å². The highest BCUT2D eigenvalue weighted by Gasteiger charge is 2.22. The summed E-state index contributed by atoms with van der Waals surface area (Å²) < 4.78 is 21.9. The lowest BCUT2D eigenvalue weighted by Gasteiger charge is -2.21. The smallest absolute Gasteiger partial charge is 0.203 e. The number of rotatable bonds is 6. The van der Waals surface area contributed by atoms with Gasteiger partial charge in [0.05, 0.1) is 28.4 Å². The first-order chi connectivity index (χ1) is 13.6. The van der Waals surface area contributed by atoms with Crippen molar-refractivity contribution >= 4 is 11.8 Å². The monoisotopic (exact) mass is 379 g/mol. The SMILES string of the molecule is COc1ccc(C2=CC=CC=NC2c2cc(OC)c(OC)c(OC)c2)cc1C. The Morgan fingerprint density at radius 1 is 0.786 bits per heavy atom. The standard InChI is InChI=1S/C23H25NO4/c1-15-12-16(9-10-19(15)25-2)18-8-6-7-11-24-22(18)17-13-20(26-3)23(28-5)21(14-17)27-4/h6-14,22H,1-5H3. The molecule has 3 rings (SSSR count). The van der Waals surface area contributed by atoms with E-state index in [0.717, 1.165) is 28.0 Å². The van der Waals surface area contributed by atoms with Crippen molar-refractivity contribution in [3.8, 4) is 23.0 Å². The summed E-state index contributed by atoms with van der Waals surface area (Å²) in [6.45, 7) is 2.03. The van der Waals surface area contributed by atoms with E-state index in [9.17, 15) is 0 Å². The number of hydrogen-bond donors (Lipinski definition) is 0. The van der Waals surface area contributed by atoms with Crippen molar-refractivity contribution in [2.24, 2.45) is 4.99 Å². The van der Waals surface area contributed by atoms with Gasteiger partial charge in [0.1, 0.15) is 11.8 Å². The normalized spacial score (nSPS) is 15.6. The Hall–Kier alpha value is -3.21. The number of aliphatic imine (C=N–C) groups is 1. The summed E-state index contributed by atoms with van der Waals surface area (Å²) in [6, 6.07) is 9.83. The number of hydrogen-bond acceptors (Lipinski definition) is 5. The molecule has 0 saturated heterocycles. The maximum absolute atomic E-state index is 5.52. The van der Waals surface area contributed by atoms with Crippen molar-refractivity contribution in [2.45, 2.75) is 13.0 Å². The fourth-order valence-electron chi connectivity index (χ4n) is 3.35. The molecule has 0 amide bonds. The van der Waals surface area contributed by atoms with Gasteiger partial charge in [0.15, 0.2) is 11.5 Å². The van der Waals surface area contributed by atoms with Gasteiger partial charge in [-0.3, -0.25) is 4.99 Å². The minimum Gasteiger partial charge on any atom is -0.496 e. The predicted molar refractivity (Wildman–Crippen MR) is 112 cm³/mol. The lowest BCUT2D eigenvalue weighted by molar-refractivity contribution is 0.323. The maximum atomic E-state index is 5.52. The van der Waals surface area contributed by atoms with Crippen LogP contribution in [0.25, 0.3) is 5.57 Å². The molecule has 2 aromatic rings. The highest BCUT2D eigenvalue weighted by molar-refractivity contribution is 5.81. The van der Waals surface area contributed by atoms with Gasteiger partial charge in [-0.05, 0) is 59.5 Å². The van der Waals surface area contributed by atoms with Crippen LogP contribution < -0.4 is 18.9 Å². The summed E-state index contributed by atoms with van der Waals surface area (Å²) in [5.41, 5.74) is 4.18. The first-order valence-corrected chi connectivity index (χ1v) is 8.97. The van der Waals surface area contributed by atoms with Crippen LogP contribution in [0.1, 0.15) is 22.7 Å². The van der Waals surface area contributed by atoms with Crippen LogP contribution in [0.15, 0.2) is 53.6 Å². The van der Waals surface area contributed by atoms with E-state index in [-0.39, 0.29) is 6.04 Å². The van der Waals surface area contributed by atoms with Crippen molar-refractivity contribution < 1.29 is 18.9 Å². The number of aryl methyl sites for hydroxylation is 1. The first-order valence-electron chi connectivity index (χ1n) is 8.97. The van der Waals surface area contributed by atoms with Crippen LogP contribution in [-0.4, -0.2) is 34.7 Å². The Bertz CT molecular complexity index is 919. The summed E-state index contributed by atoms with van der Waals surface area (Å²) in [5.74, 6) is 2.64. The lowest BCUT2D eigenvalue weighted by Crippen LogP contribution is -2.03. The van der Waals surface area contributed by atoms with Gasteiger partial charge in [0.2, 0.25) is 5.75 Å². The maximum Gasteiger partial charge on any atom is 0.203 e. The van der Waals surface area contributed by atoms with Gasteiger partial charge in [-0.25, -0.2) is 0 Å². The van der Waals surface area contributed by atoms with E-state index in [1.807, 2.05) is 43.5 Å². The zero-order valence-electron chi connectivity index (χ0n) is 16.9. The molecule has 5 heteroatoms. The van der Waals surface area contributed by atoms with Gasteiger partial charge < -0.3 is 18.9 Å². The van der Waals surface area contributed by atoms with Gasteiger partial charge in [0, 0.05) is 6.21 Å². The predicted octanol–water partition coefficient (Wildman–Crippen LogP) is 4.79. The average Bonchev–Trinajstić information content (AvgIpc) is 2.98. The van der Waals surface area contributed by atoms with Crippen molar-refractivity contribution in [1.82, 2.24) is 0 Å². The summed E-state index contributed by atoms with van der Waals surface area (Å²) in [7, 11) is 6.50. The van der Waals surface area contributed by atoms with Crippen molar-refractivity contribution in [2.75, 3.05) is 28.4 Å². The number of benzene rings is 2. The largest absolute Gasteiger partial charge is 0.496 e. The highest BCUT2D eigenvalue weighted by atomic mass is 16.5. The molecule has 0 spiro atoms. The first kappa shape index (κ1) is 19.5. The Kier molecular flexibility index (Phi) is 6.04. The molecule has 5 nitrogen and oxygen atoms in total. The molecule has 0 N–H and O–H groups in total. The van der Waals surface area contributed by atoms with Gasteiger partial charge in [-0.2, -0.15) is 0 Å². The number of allylic oxidation sites excluding steroid dienone is 3. The summed E-state index contributed by atoms with van der Waals surface area (Å²) in [4.78, 5) is 4.77. The van der Waals surface area contributed by atoms with Crippen molar-refractivity contribution in [3.63, 3.8) is 0 Å². The third kappa shape index (κ3) is 3.74. The molecule has 2 aromatic carbocycles. The van der Waals surface area contributed by atoms with Gasteiger partial charge >= 0.3 is 0 Å². The van der Waals surface area contributed by atoms with Gasteiger partial charge in [-0.1, -0.05) is 18.2 Å². The average molecular weight is 379 g/mol. The van der Waals surface area contributed by atoms with E-state index in [1.54, 1.807) is 28.4 Å². The van der Waals surface area contributed by atoms with E-state index in [0.29, 0.717) is 17.2 Å². The van der Waals surface area contributed by atoms with Crippen molar-refractivity contribution in [1.29, 1.82) is 0 Å². The number of methoxy groups -OCH3 is 4. The van der Waals surface area contributed by atoms with Crippen LogP contribution in [-0.2, 0) is 0 Å². The van der Waals surface area contributed by atoms with Gasteiger partial charge in [-0.15, -0.1) is 0 Å². The number of ether oxygens (including phenoxy) is 4. The minimum atomic E-state index is -0.212. The molecule has 0 aliphatic carbocycles. The molecule has 0 fully saturated rings. The number of nitrogens with zero attached hydrogens (tertiary/aromatic N) is 1. The third-order valence-corrected chi connectivity index (χ3v) is 4.73. The molecule has 0 bridgehead atoms. The summed E-state index contributed by atoms with van der Waals surface area (Å²) in [5, 5.41) is 0. The van der Waals surface area contributed by atoms with E-state index in [2.05, 4.69) is 18.2 Å². The second-order valence-corrected chi connectivity index (χ2v) is 6.35. The molecule has 1 atom stereocenters. The highest BCUT2D eigenvalue weighted by Crippen LogP contribution is 2.44. The summed E-state index contributed by atoms with van der Waals surface area (Å²) >= 11 is 0.